The predicted molar refractivity (Wildman–Crippen MR) is 80.2 cm³/mol. The van der Waals surface area contributed by atoms with Crippen molar-refractivity contribution >= 4 is 38.9 Å². The molecule has 0 bridgehead atoms. The highest BCUT2D eigenvalue weighted by atomic mass is 79.9. The normalized spacial score (nSPS) is 14.4. The largest absolute Gasteiger partial charge is 0.387 e. The van der Waals surface area contributed by atoms with Crippen molar-refractivity contribution in [1.29, 1.82) is 0 Å². The molecule has 0 spiro atoms. The molecule has 0 saturated carbocycles. The second-order valence-electron chi connectivity index (χ2n) is 3.97. The molecule has 2 rings (SSSR count). The van der Waals surface area contributed by atoms with Crippen molar-refractivity contribution in [2.24, 2.45) is 5.73 Å². The summed E-state index contributed by atoms with van der Waals surface area (Å²) in [6.07, 6.45) is -0.663. The lowest BCUT2D eigenvalue weighted by atomic mass is 9.92. The lowest BCUT2D eigenvalue weighted by Crippen LogP contribution is -2.19. The van der Waals surface area contributed by atoms with E-state index in [4.69, 9.17) is 17.3 Å². The van der Waals surface area contributed by atoms with Crippen LogP contribution in [-0.2, 0) is 0 Å². The summed E-state index contributed by atoms with van der Waals surface area (Å²) in [7, 11) is 0. The van der Waals surface area contributed by atoms with E-state index in [9.17, 15) is 5.11 Å². The number of thiophene rings is 1. The third-order valence-corrected chi connectivity index (χ3v) is 4.80. The number of nitrogens with two attached hydrogens (primary N) is 1. The number of benzene rings is 1. The van der Waals surface area contributed by atoms with E-state index in [1.165, 1.54) is 11.3 Å². The summed E-state index contributed by atoms with van der Waals surface area (Å²) in [5.41, 5.74) is 6.80. The summed E-state index contributed by atoms with van der Waals surface area (Å²) in [5.74, 6) is -0.144. The molecule has 2 nitrogen and oxygen atoms in total. The molecule has 2 unspecified atom stereocenters. The number of aliphatic hydroxyl groups is 1. The Balaban J connectivity index is 2.28. The minimum absolute atomic E-state index is 0.144. The van der Waals surface area contributed by atoms with Crippen molar-refractivity contribution < 1.29 is 5.11 Å². The molecule has 0 aliphatic heterocycles. The second-order valence-corrected chi connectivity index (χ2v) is 6.24. The molecule has 0 radical (unpaired) electrons. The number of hydrogen-bond acceptors (Lipinski definition) is 3. The Morgan fingerprint density at radius 1 is 1.28 bits per heavy atom. The molecule has 2 aromatic rings. The van der Waals surface area contributed by atoms with Gasteiger partial charge in [0.15, 0.2) is 0 Å². The van der Waals surface area contributed by atoms with Crippen LogP contribution < -0.4 is 5.73 Å². The Morgan fingerprint density at radius 2 is 1.94 bits per heavy atom. The molecule has 0 amide bonds. The van der Waals surface area contributed by atoms with E-state index in [2.05, 4.69) is 15.9 Å². The molecule has 0 aliphatic rings. The highest BCUT2D eigenvalue weighted by Gasteiger charge is 2.24. The van der Waals surface area contributed by atoms with Crippen LogP contribution in [0.5, 0.6) is 0 Å². The summed E-state index contributed by atoms with van der Waals surface area (Å²) in [6, 6.07) is 9.61. The van der Waals surface area contributed by atoms with Gasteiger partial charge in [-0.1, -0.05) is 39.7 Å². The van der Waals surface area contributed by atoms with Gasteiger partial charge in [-0.15, -0.1) is 11.3 Å². The maximum absolute atomic E-state index is 10.4. The van der Waals surface area contributed by atoms with E-state index in [-0.39, 0.29) is 5.92 Å². The fourth-order valence-corrected chi connectivity index (χ4v) is 3.34. The highest BCUT2D eigenvalue weighted by Crippen LogP contribution is 2.37. The van der Waals surface area contributed by atoms with Gasteiger partial charge in [-0.25, -0.2) is 0 Å². The molecule has 1 heterocycles. The van der Waals surface area contributed by atoms with Gasteiger partial charge in [0.05, 0.1) is 16.0 Å². The molecule has 3 N–H and O–H groups in total. The van der Waals surface area contributed by atoms with Crippen molar-refractivity contribution in [3.63, 3.8) is 0 Å². The van der Waals surface area contributed by atoms with Crippen LogP contribution in [0.2, 0.25) is 5.02 Å². The first kappa shape index (κ1) is 14.0. The van der Waals surface area contributed by atoms with Gasteiger partial charge in [-0.05, 0) is 29.1 Å². The summed E-state index contributed by atoms with van der Waals surface area (Å²) in [6.45, 7) is 0.372. The van der Waals surface area contributed by atoms with Crippen molar-refractivity contribution in [3.05, 3.63) is 55.6 Å². The van der Waals surface area contributed by atoms with E-state index in [1.807, 2.05) is 29.6 Å². The lowest BCUT2D eigenvalue weighted by molar-refractivity contribution is 0.151. The number of rotatable bonds is 4. The minimum Gasteiger partial charge on any atom is -0.387 e. The fourth-order valence-electron chi connectivity index (χ4n) is 1.86. The summed E-state index contributed by atoms with van der Waals surface area (Å²) in [5, 5.41) is 12.9. The average molecular weight is 347 g/mol. The highest BCUT2D eigenvalue weighted by molar-refractivity contribution is 9.10. The summed E-state index contributed by atoms with van der Waals surface area (Å²) >= 11 is 10.9. The second kappa shape index (κ2) is 6.17. The Morgan fingerprint density at radius 3 is 2.44 bits per heavy atom. The third-order valence-electron chi connectivity index (χ3n) is 2.85. The Kier molecular flexibility index (Phi) is 4.81. The van der Waals surface area contributed by atoms with Gasteiger partial charge in [-0.2, -0.15) is 0 Å². The number of aliphatic hydroxyl groups excluding tert-OH is 1. The van der Waals surface area contributed by atoms with Gasteiger partial charge in [0.25, 0.3) is 0 Å². The van der Waals surface area contributed by atoms with Crippen LogP contribution >= 0.6 is 38.9 Å². The first-order valence-corrected chi connectivity index (χ1v) is 7.55. The van der Waals surface area contributed by atoms with Crippen LogP contribution in [-0.4, -0.2) is 11.7 Å². The molecule has 0 saturated heterocycles. The van der Waals surface area contributed by atoms with Crippen LogP contribution in [0.15, 0.2) is 40.2 Å². The van der Waals surface area contributed by atoms with Crippen LogP contribution in [0, 0.1) is 0 Å². The van der Waals surface area contributed by atoms with Crippen LogP contribution in [0.1, 0.15) is 22.5 Å². The Labute approximate surface area is 124 Å². The SMILES string of the molecule is NCC(c1ccc(Br)cc1)C(O)c1sccc1Cl. The zero-order chi connectivity index (χ0) is 13.1. The number of halogens is 2. The zero-order valence-electron chi connectivity index (χ0n) is 9.51. The minimum atomic E-state index is -0.663. The molecule has 96 valence electrons. The molecular formula is C13H13BrClNOS. The number of hydrogen-bond donors (Lipinski definition) is 2. The standard InChI is InChI=1S/C13H13BrClNOS/c14-9-3-1-8(2-4-9)10(7-16)12(17)13-11(15)5-6-18-13/h1-6,10,12,17H,7,16H2. The third kappa shape index (κ3) is 2.95. The van der Waals surface area contributed by atoms with E-state index in [1.54, 1.807) is 6.07 Å². The molecule has 1 aromatic heterocycles. The van der Waals surface area contributed by atoms with Gasteiger partial charge in [0.2, 0.25) is 0 Å². The van der Waals surface area contributed by atoms with Gasteiger partial charge in [0, 0.05) is 16.9 Å². The quantitative estimate of drug-likeness (QED) is 0.881. The molecule has 1 aromatic carbocycles. The van der Waals surface area contributed by atoms with Crippen LogP contribution in [0.4, 0.5) is 0 Å². The molecule has 0 fully saturated rings. The van der Waals surface area contributed by atoms with Crippen molar-refractivity contribution in [1.82, 2.24) is 0 Å². The molecule has 0 aliphatic carbocycles. The summed E-state index contributed by atoms with van der Waals surface area (Å²) < 4.78 is 1.01. The van der Waals surface area contributed by atoms with E-state index in [0.717, 1.165) is 14.9 Å². The zero-order valence-corrected chi connectivity index (χ0v) is 12.7. The first-order valence-electron chi connectivity index (χ1n) is 5.50. The maximum Gasteiger partial charge on any atom is 0.0977 e. The van der Waals surface area contributed by atoms with E-state index < -0.39 is 6.10 Å². The predicted octanol–water partition coefficient (Wildman–Crippen LogP) is 3.94. The van der Waals surface area contributed by atoms with Gasteiger partial charge >= 0.3 is 0 Å². The van der Waals surface area contributed by atoms with E-state index in [0.29, 0.717) is 11.6 Å². The first-order chi connectivity index (χ1) is 8.63. The molecular weight excluding hydrogens is 334 g/mol. The average Bonchev–Trinajstić information content (AvgIpc) is 2.78. The van der Waals surface area contributed by atoms with E-state index >= 15 is 0 Å². The maximum atomic E-state index is 10.4. The van der Waals surface area contributed by atoms with Crippen molar-refractivity contribution in [3.8, 4) is 0 Å². The molecule has 18 heavy (non-hydrogen) atoms. The van der Waals surface area contributed by atoms with Crippen LogP contribution in [0.3, 0.4) is 0 Å². The Bertz CT molecular complexity index is 514. The monoisotopic (exact) mass is 345 g/mol. The lowest BCUT2D eigenvalue weighted by Gasteiger charge is -2.21. The molecule has 5 heteroatoms. The van der Waals surface area contributed by atoms with Gasteiger partial charge in [0.1, 0.15) is 0 Å². The summed E-state index contributed by atoms with van der Waals surface area (Å²) in [4.78, 5) is 0.773. The van der Waals surface area contributed by atoms with Gasteiger partial charge in [-0.3, -0.25) is 0 Å². The smallest absolute Gasteiger partial charge is 0.0977 e. The fraction of sp³-hybridized carbons (Fsp3) is 0.231. The van der Waals surface area contributed by atoms with Crippen molar-refractivity contribution in [2.75, 3.05) is 6.54 Å². The van der Waals surface area contributed by atoms with Crippen LogP contribution in [0.25, 0.3) is 0 Å². The molecule has 2 atom stereocenters. The Hall–Kier alpha value is -0.390. The van der Waals surface area contributed by atoms with Crippen molar-refractivity contribution in [2.45, 2.75) is 12.0 Å². The van der Waals surface area contributed by atoms with Gasteiger partial charge < -0.3 is 10.8 Å². The topological polar surface area (TPSA) is 46.2 Å².